The molecule has 0 spiro atoms. The minimum atomic E-state index is -0.710. The van der Waals surface area contributed by atoms with Gasteiger partial charge in [0.05, 0.1) is 6.07 Å². The first-order chi connectivity index (χ1) is 10.5. The molecule has 2 aromatic rings. The Hall–Kier alpha value is -2.38. The molecule has 1 heterocycles. The molecule has 0 aliphatic rings. The van der Waals surface area contributed by atoms with Crippen molar-refractivity contribution in [1.29, 1.82) is 0 Å². The lowest BCUT2D eigenvalue weighted by atomic mass is 10.1. The summed E-state index contributed by atoms with van der Waals surface area (Å²) < 4.78 is 10.1. The summed E-state index contributed by atoms with van der Waals surface area (Å²) in [5, 5.41) is 13.6. The molecule has 1 N–H and O–H groups in total. The first-order valence-electron chi connectivity index (χ1n) is 6.32. The molecular weight excluding hydrogens is 312 g/mol. The number of hydrogen-bond donors (Lipinski definition) is 1. The maximum absolute atomic E-state index is 11.9. The summed E-state index contributed by atoms with van der Waals surface area (Å²) in [6, 6.07) is 9.48. The van der Waals surface area contributed by atoms with Gasteiger partial charge in [-0.25, -0.2) is 0 Å². The summed E-state index contributed by atoms with van der Waals surface area (Å²) >= 11 is 6.08. The van der Waals surface area contributed by atoms with E-state index in [1.807, 2.05) is 6.07 Å². The molecule has 1 aromatic carbocycles. The molecule has 0 saturated heterocycles. The third-order valence-corrected chi connectivity index (χ3v) is 3.32. The van der Waals surface area contributed by atoms with Crippen molar-refractivity contribution in [3.05, 3.63) is 62.9 Å². The van der Waals surface area contributed by atoms with Gasteiger partial charge in [0.25, 0.3) is 5.91 Å². The smallest absolute Gasteiger partial charge is 0.395 e. The van der Waals surface area contributed by atoms with E-state index in [9.17, 15) is 14.9 Å². The topological polar surface area (TPSA) is 94.6 Å². The molecule has 0 aliphatic carbocycles. The van der Waals surface area contributed by atoms with Gasteiger partial charge >= 0.3 is 5.88 Å². The average molecular weight is 325 g/mol. The number of amides is 1. The number of hydrogen-bond acceptors (Lipinski definition) is 5. The van der Waals surface area contributed by atoms with Crippen molar-refractivity contribution in [2.45, 2.75) is 6.10 Å². The van der Waals surface area contributed by atoms with Gasteiger partial charge in [0.1, 0.15) is 11.0 Å². The Balaban J connectivity index is 2.02. The molecule has 1 amide bonds. The van der Waals surface area contributed by atoms with Crippen molar-refractivity contribution in [1.82, 2.24) is 5.32 Å². The number of nitrogens with one attached hydrogen (secondary N) is 1. The second-order valence-corrected chi connectivity index (χ2v) is 4.76. The number of rotatable bonds is 6. The number of furan rings is 1. The molecule has 0 fully saturated rings. The van der Waals surface area contributed by atoms with E-state index in [2.05, 4.69) is 5.32 Å². The fraction of sp³-hybridized carbons (Fsp3) is 0.214. The van der Waals surface area contributed by atoms with E-state index in [1.54, 1.807) is 18.2 Å². The monoisotopic (exact) mass is 324 g/mol. The van der Waals surface area contributed by atoms with E-state index in [4.69, 9.17) is 20.8 Å². The van der Waals surface area contributed by atoms with Crippen LogP contribution >= 0.6 is 11.6 Å². The minimum absolute atomic E-state index is 0.138. The van der Waals surface area contributed by atoms with Gasteiger partial charge in [-0.1, -0.05) is 29.8 Å². The average Bonchev–Trinajstić information content (AvgIpc) is 2.99. The molecular formula is C14H13ClN2O5. The van der Waals surface area contributed by atoms with Crippen LogP contribution < -0.4 is 5.32 Å². The minimum Gasteiger partial charge on any atom is -0.395 e. The van der Waals surface area contributed by atoms with E-state index < -0.39 is 22.8 Å². The highest BCUT2D eigenvalue weighted by molar-refractivity contribution is 6.31. The fourth-order valence-electron chi connectivity index (χ4n) is 1.88. The van der Waals surface area contributed by atoms with Crippen molar-refractivity contribution < 1.29 is 18.9 Å². The van der Waals surface area contributed by atoms with Crippen molar-refractivity contribution >= 4 is 23.4 Å². The van der Waals surface area contributed by atoms with Gasteiger partial charge in [0.2, 0.25) is 0 Å². The number of carbonyl (C=O) groups is 1. The number of nitrogens with zero attached hydrogens (tertiary/aromatic N) is 1. The normalized spacial score (nSPS) is 11.9. The molecule has 1 aromatic heterocycles. The third-order valence-electron chi connectivity index (χ3n) is 2.98. The van der Waals surface area contributed by atoms with Gasteiger partial charge < -0.3 is 14.5 Å². The zero-order valence-corrected chi connectivity index (χ0v) is 12.4. The Labute approximate surface area is 131 Å². The molecule has 7 nitrogen and oxygen atoms in total. The van der Waals surface area contributed by atoms with Crippen LogP contribution in [0.5, 0.6) is 0 Å². The summed E-state index contributed by atoms with van der Waals surface area (Å²) in [6.07, 6.45) is -0.442. The second-order valence-electron chi connectivity index (χ2n) is 4.35. The standard InChI is InChI=1S/C14H13ClN2O5/c1-21-12(9-4-2-3-5-10(9)15)8-16-14(18)11-6-7-13(22-11)17(19)20/h2-7,12H,8H2,1H3,(H,16,18). The zero-order chi connectivity index (χ0) is 16.1. The lowest BCUT2D eigenvalue weighted by Gasteiger charge is -2.17. The summed E-state index contributed by atoms with van der Waals surface area (Å²) in [4.78, 5) is 21.7. The Bertz CT molecular complexity index is 685. The van der Waals surface area contributed by atoms with Crippen molar-refractivity contribution in [3.8, 4) is 0 Å². The predicted molar refractivity (Wildman–Crippen MR) is 78.9 cm³/mol. The van der Waals surface area contributed by atoms with Crippen LogP contribution in [0.1, 0.15) is 22.2 Å². The number of halogens is 1. The fourth-order valence-corrected chi connectivity index (χ4v) is 2.13. The van der Waals surface area contributed by atoms with Crippen molar-refractivity contribution in [3.63, 3.8) is 0 Å². The van der Waals surface area contributed by atoms with Crippen molar-refractivity contribution in [2.24, 2.45) is 0 Å². The molecule has 2 rings (SSSR count). The largest absolute Gasteiger partial charge is 0.433 e. The zero-order valence-electron chi connectivity index (χ0n) is 11.6. The Morgan fingerprint density at radius 2 is 2.14 bits per heavy atom. The molecule has 0 saturated carbocycles. The maximum Gasteiger partial charge on any atom is 0.433 e. The highest BCUT2D eigenvalue weighted by Crippen LogP contribution is 2.24. The Kier molecular flexibility index (Phi) is 5.13. The van der Waals surface area contributed by atoms with Gasteiger partial charge in [-0.2, -0.15) is 0 Å². The molecule has 116 valence electrons. The summed E-state index contributed by atoms with van der Waals surface area (Å²) in [6.45, 7) is 0.146. The highest BCUT2D eigenvalue weighted by atomic mass is 35.5. The van der Waals surface area contributed by atoms with Crippen molar-refractivity contribution in [2.75, 3.05) is 13.7 Å². The number of ether oxygens (including phenoxy) is 1. The predicted octanol–water partition coefficient (Wildman–Crippen LogP) is 2.96. The van der Waals surface area contributed by atoms with Crippen LogP contribution in [0, 0.1) is 10.1 Å². The summed E-state index contributed by atoms with van der Waals surface area (Å²) in [5.74, 6) is -1.19. The quantitative estimate of drug-likeness (QED) is 0.651. The van der Waals surface area contributed by atoms with Crippen LogP contribution in [0.4, 0.5) is 5.88 Å². The molecule has 0 aliphatic heterocycles. The summed E-state index contributed by atoms with van der Waals surface area (Å²) in [5.41, 5.74) is 0.734. The maximum atomic E-state index is 11.9. The van der Waals surface area contributed by atoms with Crippen LogP contribution in [-0.4, -0.2) is 24.5 Å². The molecule has 1 atom stereocenters. The molecule has 22 heavy (non-hydrogen) atoms. The highest BCUT2D eigenvalue weighted by Gasteiger charge is 2.19. The van der Waals surface area contributed by atoms with E-state index in [0.717, 1.165) is 11.6 Å². The first-order valence-corrected chi connectivity index (χ1v) is 6.70. The van der Waals surface area contributed by atoms with Crippen LogP contribution in [0.3, 0.4) is 0 Å². The van der Waals surface area contributed by atoms with Gasteiger partial charge in [-0.05, 0) is 12.1 Å². The lowest BCUT2D eigenvalue weighted by Crippen LogP contribution is -2.29. The van der Waals surface area contributed by atoms with Crippen LogP contribution in [-0.2, 0) is 4.74 Å². The lowest BCUT2D eigenvalue weighted by molar-refractivity contribution is -0.402. The third kappa shape index (κ3) is 3.63. The molecule has 8 heteroatoms. The van der Waals surface area contributed by atoms with Crippen LogP contribution in [0.25, 0.3) is 0 Å². The van der Waals surface area contributed by atoms with E-state index in [1.165, 1.54) is 13.2 Å². The first kappa shape index (κ1) is 16.0. The Morgan fingerprint density at radius 3 is 2.73 bits per heavy atom. The number of benzene rings is 1. The second kappa shape index (κ2) is 7.06. The number of nitro groups is 1. The SMILES string of the molecule is COC(CNC(=O)c1ccc([N+](=O)[O-])o1)c1ccccc1Cl. The number of carbonyl (C=O) groups excluding carboxylic acids is 1. The van der Waals surface area contributed by atoms with Gasteiger partial charge in [-0.15, -0.1) is 0 Å². The molecule has 1 unspecified atom stereocenters. The van der Waals surface area contributed by atoms with Gasteiger partial charge in [0.15, 0.2) is 5.76 Å². The van der Waals surface area contributed by atoms with E-state index in [0.29, 0.717) is 5.02 Å². The Morgan fingerprint density at radius 1 is 1.41 bits per heavy atom. The van der Waals surface area contributed by atoms with E-state index >= 15 is 0 Å². The van der Waals surface area contributed by atoms with Gasteiger partial charge in [-0.3, -0.25) is 14.9 Å². The van der Waals surface area contributed by atoms with Crippen LogP contribution in [0.15, 0.2) is 40.8 Å². The summed E-state index contributed by atoms with van der Waals surface area (Å²) in [7, 11) is 1.50. The van der Waals surface area contributed by atoms with Crippen LogP contribution in [0.2, 0.25) is 5.02 Å². The molecule has 0 bridgehead atoms. The van der Waals surface area contributed by atoms with E-state index in [-0.39, 0.29) is 12.3 Å². The van der Waals surface area contributed by atoms with Gasteiger partial charge in [0, 0.05) is 24.2 Å². The molecule has 0 radical (unpaired) electrons. The number of methoxy groups -OCH3 is 1.